The number of nitro benzene ring substituents is 2. The van der Waals surface area contributed by atoms with Gasteiger partial charge in [0.05, 0.1) is 9.85 Å². The molecule has 0 bridgehead atoms. The highest BCUT2D eigenvalue weighted by molar-refractivity contribution is 5.75. The standard InChI is InChI=1S/C15H23N3O5/c1-5-10(4)15(23-7-3)16-14-12(17(19)20)8-11(6-2)9-13(14)18(21)22/h8-10,15-16H,5-7H2,1-4H3. The van der Waals surface area contributed by atoms with Crippen LogP contribution in [0.3, 0.4) is 0 Å². The number of hydrogen-bond donors (Lipinski definition) is 1. The molecule has 0 radical (unpaired) electrons. The van der Waals surface area contributed by atoms with Crippen molar-refractivity contribution in [2.24, 2.45) is 5.92 Å². The van der Waals surface area contributed by atoms with Crippen molar-refractivity contribution in [3.8, 4) is 0 Å². The second kappa shape index (κ2) is 8.42. The quantitative estimate of drug-likeness (QED) is 0.419. The Morgan fingerprint density at radius 2 is 1.65 bits per heavy atom. The molecule has 1 rings (SSSR count). The van der Waals surface area contributed by atoms with Gasteiger partial charge in [-0.05, 0) is 25.3 Å². The van der Waals surface area contributed by atoms with E-state index in [4.69, 9.17) is 4.74 Å². The second-order valence-electron chi connectivity index (χ2n) is 5.28. The van der Waals surface area contributed by atoms with Crippen LogP contribution in [0.15, 0.2) is 12.1 Å². The van der Waals surface area contributed by atoms with Crippen LogP contribution in [-0.4, -0.2) is 22.7 Å². The summed E-state index contributed by atoms with van der Waals surface area (Å²) in [6.07, 6.45) is 0.712. The van der Waals surface area contributed by atoms with Crippen LogP contribution in [0.5, 0.6) is 0 Å². The number of benzene rings is 1. The van der Waals surface area contributed by atoms with Crippen molar-refractivity contribution >= 4 is 17.1 Å². The van der Waals surface area contributed by atoms with E-state index in [1.165, 1.54) is 12.1 Å². The smallest absolute Gasteiger partial charge is 0.299 e. The van der Waals surface area contributed by atoms with Crippen molar-refractivity contribution in [1.82, 2.24) is 0 Å². The summed E-state index contributed by atoms with van der Waals surface area (Å²) in [5.41, 5.74) is -0.158. The first-order valence-electron chi connectivity index (χ1n) is 7.69. The average Bonchev–Trinajstić information content (AvgIpc) is 2.52. The van der Waals surface area contributed by atoms with Crippen LogP contribution in [0.1, 0.15) is 39.7 Å². The number of nitrogens with one attached hydrogen (secondary N) is 1. The minimum atomic E-state index is -0.603. The molecule has 0 saturated carbocycles. The van der Waals surface area contributed by atoms with Crippen LogP contribution < -0.4 is 5.32 Å². The van der Waals surface area contributed by atoms with Gasteiger partial charge in [0.2, 0.25) is 0 Å². The van der Waals surface area contributed by atoms with Crippen molar-refractivity contribution in [2.75, 3.05) is 11.9 Å². The Bertz CT molecular complexity index is 541. The summed E-state index contributed by atoms with van der Waals surface area (Å²) >= 11 is 0. The van der Waals surface area contributed by atoms with Crippen LogP contribution in [-0.2, 0) is 11.2 Å². The van der Waals surface area contributed by atoms with Crippen LogP contribution >= 0.6 is 0 Å². The van der Waals surface area contributed by atoms with Gasteiger partial charge in [-0.15, -0.1) is 0 Å². The van der Waals surface area contributed by atoms with Gasteiger partial charge in [0.1, 0.15) is 6.23 Å². The lowest BCUT2D eigenvalue weighted by Gasteiger charge is -2.24. The van der Waals surface area contributed by atoms with Gasteiger partial charge in [-0.2, -0.15) is 0 Å². The number of hydrogen-bond acceptors (Lipinski definition) is 6. The second-order valence-corrected chi connectivity index (χ2v) is 5.28. The zero-order valence-corrected chi connectivity index (χ0v) is 13.9. The monoisotopic (exact) mass is 325 g/mol. The first-order chi connectivity index (χ1) is 10.8. The number of anilines is 1. The van der Waals surface area contributed by atoms with Crippen molar-refractivity contribution in [2.45, 2.75) is 46.8 Å². The predicted molar refractivity (Wildman–Crippen MR) is 87.6 cm³/mol. The van der Waals surface area contributed by atoms with Crippen LogP contribution in [0.2, 0.25) is 0 Å². The fourth-order valence-corrected chi connectivity index (χ4v) is 2.19. The fourth-order valence-electron chi connectivity index (χ4n) is 2.19. The molecule has 2 atom stereocenters. The van der Waals surface area contributed by atoms with Gasteiger partial charge < -0.3 is 10.1 Å². The lowest BCUT2D eigenvalue weighted by atomic mass is 10.1. The number of nitrogens with zero attached hydrogens (tertiary/aromatic N) is 2. The molecule has 0 spiro atoms. The molecule has 1 aromatic carbocycles. The molecule has 8 nitrogen and oxygen atoms in total. The van der Waals surface area contributed by atoms with E-state index in [1.54, 1.807) is 13.8 Å². The van der Waals surface area contributed by atoms with Crippen LogP contribution in [0, 0.1) is 26.1 Å². The predicted octanol–water partition coefficient (Wildman–Crippen LogP) is 3.89. The van der Waals surface area contributed by atoms with Gasteiger partial charge in [0, 0.05) is 24.7 Å². The number of nitro groups is 2. The lowest BCUT2D eigenvalue weighted by Crippen LogP contribution is -2.30. The highest BCUT2D eigenvalue weighted by Gasteiger charge is 2.29. The van der Waals surface area contributed by atoms with Gasteiger partial charge in [-0.1, -0.05) is 20.8 Å². The van der Waals surface area contributed by atoms with Crippen molar-refractivity contribution in [1.29, 1.82) is 0 Å². The molecule has 2 unspecified atom stereocenters. The summed E-state index contributed by atoms with van der Waals surface area (Å²) in [4.78, 5) is 21.5. The average molecular weight is 325 g/mol. The largest absolute Gasteiger partial charge is 0.359 e. The molecule has 0 aliphatic heterocycles. The summed E-state index contributed by atoms with van der Waals surface area (Å²) in [6, 6.07) is 2.74. The third-order valence-electron chi connectivity index (χ3n) is 3.75. The Kier molecular flexibility index (Phi) is 6.89. The molecular weight excluding hydrogens is 302 g/mol. The molecule has 0 heterocycles. The molecule has 0 aliphatic rings. The van der Waals surface area contributed by atoms with E-state index in [-0.39, 0.29) is 23.0 Å². The van der Waals surface area contributed by atoms with Gasteiger partial charge >= 0.3 is 0 Å². The van der Waals surface area contributed by atoms with Gasteiger partial charge in [0.25, 0.3) is 11.4 Å². The maximum Gasteiger partial charge on any atom is 0.299 e. The van der Waals surface area contributed by atoms with E-state index in [0.29, 0.717) is 18.6 Å². The first kappa shape index (κ1) is 18.8. The summed E-state index contributed by atoms with van der Waals surface area (Å²) in [6.45, 7) is 7.88. The van der Waals surface area contributed by atoms with Gasteiger partial charge in [-0.25, -0.2) is 0 Å². The normalized spacial score (nSPS) is 13.4. The van der Waals surface area contributed by atoms with Crippen LogP contribution in [0.4, 0.5) is 17.1 Å². The van der Waals surface area contributed by atoms with Crippen LogP contribution in [0.25, 0.3) is 0 Å². The highest BCUT2D eigenvalue weighted by atomic mass is 16.6. The molecule has 0 aromatic heterocycles. The number of rotatable bonds is 9. The maximum absolute atomic E-state index is 11.3. The summed E-state index contributed by atoms with van der Waals surface area (Å²) in [5.74, 6) is 0.0417. The number of aryl methyl sites for hydroxylation is 1. The summed E-state index contributed by atoms with van der Waals surface area (Å²) in [5, 5.41) is 25.6. The molecule has 0 amide bonds. The molecular formula is C15H23N3O5. The first-order valence-corrected chi connectivity index (χ1v) is 7.69. The van der Waals surface area contributed by atoms with E-state index in [1.807, 2.05) is 13.8 Å². The Labute approximate surface area is 135 Å². The van der Waals surface area contributed by atoms with E-state index < -0.39 is 16.1 Å². The Balaban J connectivity index is 3.40. The Morgan fingerprint density at radius 3 is 2.00 bits per heavy atom. The lowest BCUT2D eigenvalue weighted by molar-refractivity contribution is -0.392. The van der Waals surface area contributed by atoms with E-state index in [0.717, 1.165) is 6.42 Å². The molecule has 0 saturated heterocycles. The molecule has 0 aliphatic carbocycles. The van der Waals surface area contributed by atoms with E-state index in [2.05, 4.69) is 5.32 Å². The molecule has 128 valence electrons. The third kappa shape index (κ3) is 4.62. The topological polar surface area (TPSA) is 108 Å². The number of ether oxygens (including phenoxy) is 1. The zero-order chi connectivity index (χ0) is 17.6. The van der Waals surface area contributed by atoms with E-state index >= 15 is 0 Å². The molecule has 1 N–H and O–H groups in total. The molecule has 23 heavy (non-hydrogen) atoms. The van der Waals surface area contributed by atoms with Gasteiger partial charge in [0.15, 0.2) is 5.69 Å². The fraction of sp³-hybridized carbons (Fsp3) is 0.600. The SMILES string of the molecule is CCOC(Nc1c([N+](=O)[O-])cc(CC)cc1[N+](=O)[O-])C(C)CC. The van der Waals surface area contributed by atoms with Crippen molar-refractivity contribution < 1.29 is 14.6 Å². The zero-order valence-electron chi connectivity index (χ0n) is 13.9. The third-order valence-corrected chi connectivity index (χ3v) is 3.75. The highest BCUT2D eigenvalue weighted by Crippen LogP contribution is 2.37. The molecule has 1 aromatic rings. The Morgan fingerprint density at radius 1 is 1.13 bits per heavy atom. The molecule has 0 fully saturated rings. The maximum atomic E-state index is 11.3. The summed E-state index contributed by atoms with van der Waals surface area (Å²) < 4.78 is 5.57. The van der Waals surface area contributed by atoms with Crippen molar-refractivity contribution in [3.63, 3.8) is 0 Å². The summed E-state index contributed by atoms with van der Waals surface area (Å²) in [7, 11) is 0. The minimum absolute atomic E-state index is 0.0417. The minimum Gasteiger partial charge on any atom is -0.359 e. The molecule has 8 heteroatoms. The van der Waals surface area contributed by atoms with Gasteiger partial charge in [-0.3, -0.25) is 20.2 Å². The van der Waals surface area contributed by atoms with E-state index in [9.17, 15) is 20.2 Å². The van der Waals surface area contributed by atoms with Crippen molar-refractivity contribution in [3.05, 3.63) is 37.9 Å². The Hall–Kier alpha value is -2.22.